The third-order valence-electron chi connectivity index (χ3n) is 2.90. The highest BCUT2D eigenvalue weighted by Gasteiger charge is 2.20. The normalized spacial score (nSPS) is 18.7. The number of anilines is 1. The Morgan fingerprint density at radius 2 is 2.39 bits per heavy atom. The van der Waals surface area contributed by atoms with Crippen LogP contribution in [0.25, 0.3) is 0 Å². The maximum Gasteiger partial charge on any atom is 0.255 e. The molecule has 2 heterocycles. The number of nitrogens with one attached hydrogen (secondary N) is 2. The zero-order chi connectivity index (χ0) is 13.1. The quantitative estimate of drug-likeness (QED) is 0.874. The van der Waals surface area contributed by atoms with E-state index in [0.717, 1.165) is 24.0 Å². The fourth-order valence-corrected chi connectivity index (χ4v) is 2.33. The minimum atomic E-state index is -0.0683. The van der Waals surface area contributed by atoms with Gasteiger partial charge in [-0.15, -0.1) is 0 Å². The molecule has 0 radical (unpaired) electrons. The molecule has 1 fully saturated rings. The van der Waals surface area contributed by atoms with Crippen LogP contribution in [0.5, 0.6) is 0 Å². The Kier molecular flexibility index (Phi) is 4.19. The Balaban J connectivity index is 2.19. The number of aromatic nitrogens is 1. The standard InChI is InChI=1S/C12H17BrN4O/c1-17(2)11-10(5-8(13)6-15-11)12(18)16-9-3-4-14-7-9/h5-6,9,14H,3-4,7H2,1-2H3,(H,16,18). The summed E-state index contributed by atoms with van der Waals surface area (Å²) >= 11 is 3.35. The molecule has 1 aliphatic heterocycles. The number of carbonyl (C=O) groups excluding carboxylic acids is 1. The summed E-state index contributed by atoms with van der Waals surface area (Å²) in [5.41, 5.74) is 0.598. The monoisotopic (exact) mass is 312 g/mol. The van der Waals surface area contributed by atoms with Gasteiger partial charge in [0.15, 0.2) is 0 Å². The van der Waals surface area contributed by atoms with Crippen molar-refractivity contribution in [3.63, 3.8) is 0 Å². The Morgan fingerprint density at radius 1 is 1.61 bits per heavy atom. The van der Waals surface area contributed by atoms with Gasteiger partial charge in [-0.1, -0.05) is 0 Å². The molecule has 0 aromatic carbocycles. The summed E-state index contributed by atoms with van der Waals surface area (Å²) in [5, 5.41) is 6.26. The molecule has 6 heteroatoms. The van der Waals surface area contributed by atoms with Crippen LogP contribution in [0.3, 0.4) is 0 Å². The fourth-order valence-electron chi connectivity index (χ4n) is 2.00. The van der Waals surface area contributed by atoms with Crippen molar-refractivity contribution in [3.8, 4) is 0 Å². The van der Waals surface area contributed by atoms with E-state index >= 15 is 0 Å². The van der Waals surface area contributed by atoms with Gasteiger partial charge in [0.2, 0.25) is 0 Å². The first kappa shape index (κ1) is 13.3. The second-order valence-corrected chi connectivity index (χ2v) is 5.50. The Hall–Kier alpha value is -1.14. The second-order valence-electron chi connectivity index (χ2n) is 4.58. The summed E-state index contributed by atoms with van der Waals surface area (Å²) in [4.78, 5) is 18.4. The van der Waals surface area contributed by atoms with Gasteiger partial charge in [0.25, 0.3) is 5.91 Å². The molecule has 0 spiro atoms. The van der Waals surface area contributed by atoms with Gasteiger partial charge in [0.1, 0.15) is 5.82 Å². The number of amides is 1. The topological polar surface area (TPSA) is 57.3 Å². The molecule has 2 rings (SSSR count). The minimum absolute atomic E-state index is 0.0683. The van der Waals surface area contributed by atoms with Crippen LogP contribution < -0.4 is 15.5 Å². The molecule has 0 bridgehead atoms. The van der Waals surface area contributed by atoms with E-state index in [0.29, 0.717) is 11.4 Å². The maximum absolute atomic E-state index is 12.3. The van der Waals surface area contributed by atoms with Crippen LogP contribution in [-0.4, -0.2) is 44.1 Å². The first-order valence-corrected chi connectivity index (χ1v) is 6.71. The predicted molar refractivity (Wildman–Crippen MR) is 75.0 cm³/mol. The number of hydrogen-bond donors (Lipinski definition) is 2. The average Bonchev–Trinajstić information content (AvgIpc) is 2.81. The van der Waals surface area contributed by atoms with Gasteiger partial charge in [-0.3, -0.25) is 4.79 Å². The fraction of sp³-hybridized carbons (Fsp3) is 0.500. The van der Waals surface area contributed by atoms with Crippen molar-refractivity contribution in [3.05, 3.63) is 22.3 Å². The van der Waals surface area contributed by atoms with Gasteiger partial charge in [-0.2, -0.15) is 0 Å². The summed E-state index contributed by atoms with van der Waals surface area (Å²) in [6.45, 7) is 1.80. The smallest absolute Gasteiger partial charge is 0.255 e. The largest absolute Gasteiger partial charge is 0.362 e. The highest BCUT2D eigenvalue weighted by molar-refractivity contribution is 9.10. The van der Waals surface area contributed by atoms with E-state index in [1.165, 1.54) is 0 Å². The highest BCUT2D eigenvalue weighted by atomic mass is 79.9. The second kappa shape index (κ2) is 5.67. The van der Waals surface area contributed by atoms with Gasteiger partial charge in [0, 0.05) is 37.4 Å². The number of rotatable bonds is 3. The first-order chi connectivity index (χ1) is 8.58. The van der Waals surface area contributed by atoms with E-state index in [2.05, 4.69) is 31.5 Å². The third kappa shape index (κ3) is 3.00. The summed E-state index contributed by atoms with van der Waals surface area (Å²) < 4.78 is 0.808. The van der Waals surface area contributed by atoms with Gasteiger partial charge >= 0.3 is 0 Å². The minimum Gasteiger partial charge on any atom is -0.362 e. The summed E-state index contributed by atoms with van der Waals surface area (Å²) in [7, 11) is 3.76. The van der Waals surface area contributed by atoms with Crippen molar-refractivity contribution in [2.75, 3.05) is 32.1 Å². The molecule has 1 aliphatic rings. The zero-order valence-corrected chi connectivity index (χ0v) is 12.1. The Morgan fingerprint density at radius 3 is 3.00 bits per heavy atom. The van der Waals surface area contributed by atoms with Gasteiger partial charge < -0.3 is 15.5 Å². The molecule has 0 saturated carbocycles. The first-order valence-electron chi connectivity index (χ1n) is 5.92. The van der Waals surface area contributed by atoms with Crippen LogP contribution in [0.2, 0.25) is 0 Å². The SMILES string of the molecule is CN(C)c1ncc(Br)cc1C(=O)NC1CCNC1. The number of carbonyl (C=O) groups is 1. The van der Waals surface area contributed by atoms with Crippen molar-refractivity contribution in [1.82, 2.24) is 15.6 Å². The lowest BCUT2D eigenvalue weighted by atomic mass is 10.2. The summed E-state index contributed by atoms with van der Waals surface area (Å²) in [6.07, 6.45) is 2.67. The number of hydrogen-bond acceptors (Lipinski definition) is 4. The molecule has 1 unspecified atom stereocenters. The van der Waals surface area contributed by atoms with Crippen molar-refractivity contribution in [1.29, 1.82) is 0 Å². The van der Waals surface area contributed by atoms with Crippen LogP contribution in [-0.2, 0) is 0 Å². The van der Waals surface area contributed by atoms with Gasteiger partial charge in [-0.25, -0.2) is 4.98 Å². The van der Waals surface area contributed by atoms with Gasteiger partial charge in [-0.05, 0) is 35.0 Å². The molecule has 18 heavy (non-hydrogen) atoms. The van der Waals surface area contributed by atoms with Crippen LogP contribution in [0, 0.1) is 0 Å². The molecule has 98 valence electrons. The molecule has 1 amide bonds. The van der Waals surface area contributed by atoms with E-state index in [-0.39, 0.29) is 11.9 Å². The lowest BCUT2D eigenvalue weighted by molar-refractivity contribution is 0.0940. The van der Waals surface area contributed by atoms with E-state index < -0.39 is 0 Å². The Bertz CT molecular complexity index is 444. The number of nitrogens with zero attached hydrogens (tertiary/aromatic N) is 2. The third-order valence-corrected chi connectivity index (χ3v) is 3.33. The van der Waals surface area contributed by atoms with Crippen LogP contribution in [0.15, 0.2) is 16.7 Å². The predicted octanol–water partition coefficient (Wildman–Crippen LogP) is 1.00. The number of halogens is 1. The van der Waals surface area contributed by atoms with Crippen molar-refractivity contribution >= 4 is 27.7 Å². The lowest BCUT2D eigenvalue weighted by Crippen LogP contribution is -2.37. The molecule has 0 aliphatic carbocycles. The Labute approximate surface area is 115 Å². The zero-order valence-electron chi connectivity index (χ0n) is 10.5. The van der Waals surface area contributed by atoms with E-state index in [4.69, 9.17) is 0 Å². The molecular weight excluding hydrogens is 296 g/mol. The lowest BCUT2D eigenvalue weighted by Gasteiger charge is -2.17. The molecule has 1 atom stereocenters. The van der Waals surface area contributed by atoms with E-state index in [9.17, 15) is 4.79 Å². The van der Waals surface area contributed by atoms with Crippen LogP contribution >= 0.6 is 15.9 Å². The molecular formula is C12H17BrN4O. The maximum atomic E-state index is 12.3. The summed E-state index contributed by atoms with van der Waals surface area (Å²) in [5.74, 6) is 0.614. The molecule has 1 aromatic heterocycles. The average molecular weight is 313 g/mol. The molecule has 1 aromatic rings. The van der Waals surface area contributed by atoms with Crippen molar-refractivity contribution in [2.45, 2.75) is 12.5 Å². The summed E-state index contributed by atoms with van der Waals surface area (Å²) in [6, 6.07) is 2.02. The number of pyridine rings is 1. The van der Waals surface area contributed by atoms with Crippen LogP contribution in [0.1, 0.15) is 16.8 Å². The van der Waals surface area contributed by atoms with Crippen molar-refractivity contribution < 1.29 is 4.79 Å². The molecule has 5 nitrogen and oxygen atoms in total. The van der Waals surface area contributed by atoms with Crippen molar-refractivity contribution in [2.24, 2.45) is 0 Å². The molecule has 2 N–H and O–H groups in total. The van der Waals surface area contributed by atoms with E-state index in [1.807, 2.05) is 19.0 Å². The van der Waals surface area contributed by atoms with Gasteiger partial charge in [0.05, 0.1) is 5.56 Å². The highest BCUT2D eigenvalue weighted by Crippen LogP contribution is 2.20. The van der Waals surface area contributed by atoms with Crippen LogP contribution in [0.4, 0.5) is 5.82 Å². The van der Waals surface area contributed by atoms with E-state index in [1.54, 1.807) is 12.3 Å². The molecule has 1 saturated heterocycles.